The van der Waals surface area contributed by atoms with Crippen LogP contribution in [0.4, 0.5) is 0 Å². The first-order valence-electron chi connectivity index (χ1n) is 4.16. The molecule has 1 rings (SSSR count). The van der Waals surface area contributed by atoms with Gasteiger partial charge in [0.05, 0.1) is 12.3 Å². The van der Waals surface area contributed by atoms with Crippen LogP contribution in [0.15, 0.2) is 6.33 Å². The lowest BCUT2D eigenvalue weighted by Crippen LogP contribution is -2.27. The summed E-state index contributed by atoms with van der Waals surface area (Å²) in [5.74, 6) is 0.527. The average Bonchev–Trinajstić information content (AvgIpc) is 2.64. The van der Waals surface area contributed by atoms with Crippen LogP contribution in [0.1, 0.15) is 12.2 Å². The van der Waals surface area contributed by atoms with E-state index in [9.17, 15) is 8.42 Å². The second kappa shape index (κ2) is 5.03. The fourth-order valence-electron chi connectivity index (χ4n) is 0.840. The predicted molar refractivity (Wildman–Crippen MR) is 50.7 cm³/mol. The summed E-state index contributed by atoms with van der Waals surface area (Å²) in [6.45, 7) is 0.496. The van der Waals surface area contributed by atoms with Gasteiger partial charge in [0, 0.05) is 0 Å². The van der Waals surface area contributed by atoms with Crippen molar-refractivity contribution in [1.82, 2.24) is 19.9 Å². The normalized spacial score (nSPS) is 11.8. The number of nitrogens with two attached hydrogens (primary N) is 1. The molecular weight excluding hydrogens is 206 g/mol. The maximum Gasteiger partial charge on any atom is 0.212 e. The van der Waals surface area contributed by atoms with E-state index in [0.29, 0.717) is 18.8 Å². The van der Waals surface area contributed by atoms with Crippen LogP contribution in [-0.2, 0) is 16.6 Å². The van der Waals surface area contributed by atoms with Gasteiger partial charge in [-0.1, -0.05) is 0 Å². The number of nitrogens with one attached hydrogen (secondary N) is 2. The third-order valence-corrected chi connectivity index (χ3v) is 2.95. The molecule has 0 saturated carbocycles. The van der Waals surface area contributed by atoms with Gasteiger partial charge in [0.25, 0.3) is 0 Å². The maximum absolute atomic E-state index is 11.3. The van der Waals surface area contributed by atoms with Crippen LogP contribution < -0.4 is 10.5 Å². The zero-order valence-electron chi connectivity index (χ0n) is 7.60. The van der Waals surface area contributed by atoms with Crippen LogP contribution in [0.3, 0.4) is 0 Å². The number of aromatic amines is 1. The Morgan fingerprint density at radius 1 is 1.57 bits per heavy atom. The van der Waals surface area contributed by atoms with Gasteiger partial charge in [0.15, 0.2) is 0 Å². The van der Waals surface area contributed by atoms with Gasteiger partial charge in [0.2, 0.25) is 10.0 Å². The molecule has 0 aromatic carbocycles. The molecule has 8 heteroatoms. The van der Waals surface area contributed by atoms with Crippen LogP contribution in [0, 0.1) is 0 Å². The molecule has 80 valence electrons. The second-order valence-electron chi connectivity index (χ2n) is 2.71. The van der Waals surface area contributed by atoms with Gasteiger partial charge in [-0.2, -0.15) is 5.10 Å². The van der Waals surface area contributed by atoms with E-state index in [2.05, 4.69) is 19.9 Å². The Labute approximate surface area is 82.2 Å². The highest BCUT2D eigenvalue weighted by Crippen LogP contribution is 1.91. The van der Waals surface area contributed by atoms with Crippen molar-refractivity contribution < 1.29 is 8.42 Å². The Morgan fingerprint density at radius 2 is 2.36 bits per heavy atom. The molecule has 14 heavy (non-hydrogen) atoms. The van der Waals surface area contributed by atoms with Crippen molar-refractivity contribution in [3.05, 3.63) is 12.2 Å². The second-order valence-corrected chi connectivity index (χ2v) is 4.64. The minimum atomic E-state index is -3.24. The van der Waals surface area contributed by atoms with E-state index in [1.165, 1.54) is 6.33 Å². The smallest absolute Gasteiger partial charge is 0.212 e. The quantitative estimate of drug-likeness (QED) is 0.543. The molecule has 0 aliphatic heterocycles. The Kier molecular flexibility index (Phi) is 3.98. The standard InChI is InChI=1S/C6H13N5O2S/c7-2-1-3-14(12,13)10-4-6-8-5-9-11-6/h5,10H,1-4,7H2,(H,8,9,11). The summed E-state index contributed by atoms with van der Waals surface area (Å²) in [6.07, 6.45) is 1.77. The highest BCUT2D eigenvalue weighted by atomic mass is 32.2. The predicted octanol–water partition coefficient (Wildman–Crippen LogP) is -1.43. The molecular formula is C6H13N5O2S. The molecule has 1 aromatic heterocycles. The van der Waals surface area contributed by atoms with Gasteiger partial charge in [-0.3, -0.25) is 5.10 Å². The molecule has 0 spiro atoms. The number of hydrogen-bond acceptors (Lipinski definition) is 5. The largest absolute Gasteiger partial charge is 0.330 e. The van der Waals surface area contributed by atoms with E-state index in [1.807, 2.05) is 0 Å². The van der Waals surface area contributed by atoms with Crippen LogP contribution in [-0.4, -0.2) is 35.9 Å². The lowest BCUT2D eigenvalue weighted by molar-refractivity contribution is 0.577. The van der Waals surface area contributed by atoms with Gasteiger partial charge >= 0.3 is 0 Å². The minimum Gasteiger partial charge on any atom is -0.330 e. The van der Waals surface area contributed by atoms with Gasteiger partial charge in [-0.05, 0) is 13.0 Å². The van der Waals surface area contributed by atoms with Crippen molar-refractivity contribution in [2.75, 3.05) is 12.3 Å². The number of sulfonamides is 1. The molecule has 0 radical (unpaired) electrons. The van der Waals surface area contributed by atoms with E-state index in [0.717, 1.165) is 0 Å². The Hall–Kier alpha value is -0.990. The summed E-state index contributed by atoms with van der Waals surface area (Å²) in [6, 6.07) is 0. The van der Waals surface area contributed by atoms with Crippen LogP contribution >= 0.6 is 0 Å². The van der Waals surface area contributed by atoms with Crippen molar-refractivity contribution in [3.63, 3.8) is 0 Å². The van der Waals surface area contributed by atoms with Crippen molar-refractivity contribution >= 4 is 10.0 Å². The molecule has 1 aromatic rings. The van der Waals surface area contributed by atoms with Crippen LogP contribution in [0.25, 0.3) is 0 Å². The fourth-order valence-corrected chi connectivity index (χ4v) is 1.89. The number of rotatable bonds is 6. The number of H-pyrrole nitrogens is 1. The Bertz CT molecular complexity index is 346. The van der Waals surface area contributed by atoms with Gasteiger partial charge in [-0.25, -0.2) is 18.1 Å². The van der Waals surface area contributed by atoms with Crippen LogP contribution in [0.2, 0.25) is 0 Å². The molecule has 4 N–H and O–H groups in total. The molecule has 0 amide bonds. The summed E-state index contributed by atoms with van der Waals surface area (Å²) in [5, 5.41) is 6.15. The summed E-state index contributed by atoms with van der Waals surface area (Å²) < 4.78 is 24.9. The maximum atomic E-state index is 11.3. The van der Waals surface area contributed by atoms with E-state index in [1.54, 1.807) is 0 Å². The van der Waals surface area contributed by atoms with E-state index in [-0.39, 0.29) is 12.3 Å². The topological polar surface area (TPSA) is 114 Å². The molecule has 1 heterocycles. The Balaban J connectivity index is 2.37. The first kappa shape index (κ1) is 11.1. The fraction of sp³-hybridized carbons (Fsp3) is 0.667. The average molecular weight is 219 g/mol. The summed E-state index contributed by atoms with van der Waals surface area (Å²) in [4.78, 5) is 3.78. The Morgan fingerprint density at radius 3 is 2.93 bits per heavy atom. The van der Waals surface area contributed by atoms with Crippen molar-refractivity contribution in [1.29, 1.82) is 0 Å². The monoisotopic (exact) mass is 219 g/mol. The van der Waals surface area contributed by atoms with Crippen molar-refractivity contribution in [2.24, 2.45) is 5.73 Å². The summed E-state index contributed by atoms with van der Waals surface area (Å²) in [5.41, 5.74) is 5.21. The van der Waals surface area contributed by atoms with E-state index < -0.39 is 10.0 Å². The van der Waals surface area contributed by atoms with Crippen molar-refractivity contribution in [3.8, 4) is 0 Å². The van der Waals surface area contributed by atoms with E-state index in [4.69, 9.17) is 5.73 Å². The number of hydrogen-bond donors (Lipinski definition) is 3. The zero-order chi connectivity index (χ0) is 10.4. The van der Waals surface area contributed by atoms with Gasteiger partial charge in [-0.15, -0.1) is 0 Å². The summed E-state index contributed by atoms with van der Waals surface area (Å²) in [7, 11) is -3.24. The highest BCUT2D eigenvalue weighted by Gasteiger charge is 2.09. The van der Waals surface area contributed by atoms with Crippen molar-refractivity contribution in [2.45, 2.75) is 13.0 Å². The molecule has 0 aliphatic rings. The van der Waals surface area contributed by atoms with Gasteiger partial charge in [0.1, 0.15) is 12.2 Å². The SMILES string of the molecule is NCCCS(=O)(=O)NCc1ncn[nH]1. The first-order chi connectivity index (χ1) is 6.64. The lowest BCUT2D eigenvalue weighted by atomic mass is 10.5. The van der Waals surface area contributed by atoms with Crippen LogP contribution in [0.5, 0.6) is 0 Å². The lowest BCUT2D eigenvalue weighted by Gasteiger charge is -2.03. The molecule has 7 nitrogen and oxygen atoms in total. The molecule has 0 aliphatic carbocycles. The molecule has 0 saturated heterocycles. The highest BCUT2D eigenvalue weighted by molar-refractivity contribution is 7.89. The summed E-state index contributed by atoms with van der Waals surface area (Å²) >= 11 is 0. The number of nitrogens with zero attached hydrogens (tertiary/aromatic N) is 2. The first-order valence-corrected chi connectivity index (χ1v) is 5.81. The number of aromatic nitrogens is 3. The molecule has 0 unspecified atom stereocenters. The van der Waals surface area contributed by atoms with E-state index >= 15 is 0 Å². The molecule has 0 atom stereocenters. The third kappa shape index (κ3) is 3.81. The minimum absolute atomic E-state index is 0.0393. The molecule has 0 bridgehead atoms. The molecule has 0 fully saturated rings. The third-order valence-electron chi connectivity index (χ3n) is 1.54. The van der Waals surface area contributed by atoms with Gasteiger partial charge < -0.3 is 5.73 Å². The zero-order valence-corrected chi connectivity index (χ0v) is 8.42.